The van der Waals surface area contributed by atoms with Crippen molar-refractivity contribution >= 4 is 21.8 Å². The van der Waals surface area contributed by atoms with Gasteiger partial charge in [0.1, 0.15) is 0 Å². The fraction of sp³-hybridized carbons (Fsp3) is 1.00. The van der Waals surface area contributed by atoms with Crippen molar-refractivity contribution in [2.24, 2.45) is 0 Å². The Hall–Kier alpha value is 0.180. The maximum Gasteiger partial charge on any atom is 0.208 e. The SMILES string of the molecule is CS(=O)(=O)NCCCNC1CCOC2(CCSCC2)C1. The monoisotopic (exact) mass is 322 g/mol. The molecule has 0 radical (unpaired) electrons. The Morgan fingerprint density at radius 3 is 2.75 bits per heavy atom. The minimum atomic E-state index is -3.05. The molecule has 0 aromatic heterocycles. The molecule has 0 saturated carbocycles. The molecule has 0 amide bonds. The fourth-order valence-electron chi connectivity index (χ4n) is 2.95. The molecule has 0 bridgehead atoms. The van der Waals surface area contributed by atoms with E-state index in [0.717, 1.165) is 32.4 Å². The van der Waals surface area contributed by atoms with Crippen LogP contribution in [0.2, 0.25) is 0 Å². The van der Waals surface area contributed by atoms with E-state index in [4.69, 9.17) is 4.74 Å². The molecule has 20 heavy (non-hydrogen) atoms. The molecule has 2 fully saturated rings. The lowest BCUT2D eigenvalue weighted by Gasteiger charge is -2.43. The van der Waals surface area contributed by atoms with Gasteiger partial charge in [0, 0.05) is 19.2 Å². The van der Waals surface area contributed by atoms with Crippen LogP contribution < -0.4 is 10.0 Å². The van der Waals surface area contributed by atoms with Crippen LogP contribution in [0.25, 0.3) is 0 Å². The van der Waals surface area contributed by atoms with E-state index in [-0.39, 0.29) is 5.60 Å². The predicted molar refractivity (Wildman–Crippen MR) is 83.7 cm³/mol. The van der Waals surface area contributed by atoms with Crippen molar-refractivity contribution in [2.75, 3.05) is 37.5 Å². The van der Waals surface area contributed by atoms with Gasteiger partial charge >= 0.3 is 0 Å². The molecule has 0 aliphatic carbocycles. The summed E-state index contributed by atoms with van der Waals surface area (Å²) in [6.45, 7) is 2.22. The molecule has 2 heterocycles. The average Bonchev–Trinajstić information content (AvgIpc) is 2.38. The topological polar surface area (TPSA) is 67.4 Å². The van der Waals surface area contributed by atoms with Gasteiger partial charge in [-0.3, -0.25) is 0 Å². The third kappa shape index (κ3) is 5.52. The van der Waals surface area contributed by atoms with Crippen molar-refractivity contribution in [3.63, 3.8) is 0 Å². The van der Waals surface area contributed by atoms with Crippen LogP contribution in [0.1, 0.15) is 32.1 Å². The molecule has 1 spiro atoms. The average molecular weight is 322 g/mol. The molecule has 7 heteroatoms. The van der Waals surface area contributed by atoms with Gasteiger partial charge in [-0.05, 0) is 50.2 Å². The molecule has 2 N–H and O–H groups in total. The first-order valence-corrected chi connectivity index (χ1v) is 10.4. The van der Waals surface area contributed by atoms with Crippen molar-refractivity contribution in [1.82, 2.24) is 10.0 Å². The van der Waals surface area contributed by atoms with Gasteiger partial charge in [-0.15, -0.1) is 0 Å². The number of thioether (sulfide) groups is 1. The zero-order chi connectivity index (χ0) is 14.5. The van der Waals surface area contributed by atoms with Crippen molar-refractivity contribution < 1.29 is 13.2 Å². The first-order chi connectivity index (χ1) is 9.49. The second-order valence-corrected chi connectivity index (χ2v) is 8.87. The van der Waals surface area contributed by atoms with Crippen molar-refractivity contribution in [2.45, 2.75) is 43.7 Å². The van der Waals surface area contributed by atoms with Crippen LogP contribution in [0, 0.1) is 0 Å². The van der Waals surface area contributed by atoms with Gasteiger partial charge < -0.3 is 10.1 Å². The quantitative estimate of drug-likeness (QED) is 0.713. The molecule has 118 valence electrons. The summed E-state index contributed by atoms with van der Waals surface area (Å²) >= 11 is 2.02. The second kappa shape index (κ2) is 7.45. The standard InChI is InChI=1S/C13H26N2O3S2/c1-20(16,17)15-7-2-6-14-12-3-8-18-13(11-12)4-9-19-10-5-13/h12,14-15H,2-11H2,1H3. The Morgan fingerprint density at radius 2 is 2.05 bits per heavy atom. The van der Waals surface area contributed by atoms with E-state index in [1.165, 1.54) is 30.6 Å². The van der Waals surface area contributed by atoms with Crippen LogP contribution >= 0.6 is 11.8 Å². The van der Waals surface area contributed by atoms with Crippen LogP contribution in [-0.2, 0) is 14.8 Å². The summed E-state index contributed by atoms with van der Waals surface area (Å²) < 4.78 is 30.5. The molecule has 1 atom stereocenters. The van der Waals surface area contributed by atoms with Gasteiger partial charge in [0.25, 0.3) is 0 Å². The Balaban J connectivity index is 1.65. The van der Waals surface area contributed by atoms with E-state index in [1.54, 1.807) is 0 Å². The first kappa shape index (κ1) is 16.5. The second-order valence-electron chi connectivity index (χ2n) is 5.81. The molecule has 5 nitrogen and oxygen atoms in total. The summed E-state index contributed by atoms with van der Waals surface area (Å²) in [6.07, 6.45) is 6.54. The van der Waals surface area contributed by atoms with Crippen molar-refractivity contribution in [1.29, 1.82) is 0 Å². The third-order valence-electron chi connectivity index (χ3n) is 4.05. The lowest BCUT2D eigenvalue weighted by Crippen LogP contribution is -2.49. The van der Waals surface area contributed by atoms with E-state index in [9.17, 15) is 8.42 Å². The number of nitrogens with one attached hydrogen (secondary N) is 2. The van der Waals surface area contributed by atoms with Gasteiger partial charge in [-0.25, -0.2) is 13.1 Å². The smallest absolute Gasteiger partial charge is 0.208 e. The Kier molecular flexibility index (Phi) is 6.16. The lowest BCUT2D eigenvalue weighted by molar-refractivity contribution is -0.0930. The zero-order valence-electron chi connectivity index (χ0n) is 12.2. The molecular formula is C13H26N2O3S2. The highest BCUT2D eigenvalue weighted by molar-refractivity contribution is 7.99. The van der Waals surface area contributed by atoms with Crippen LogP contribution in [0.3, 0.4) is 0 Å². The molecule has 2 aliphatic heterocycles. The molecule has 2 rings (SSSR count). The zero-order valence-corrected chi connectivity index (χ0v) is 13.8. The van der Waals surface area contributed by atoms with Crippen molar-refractivity contribution in [3.8, 4) is 0 Å². The van der Waals surface area contributed by atoms with E-state index < -0.39 is 10.0 Å². The highest BCUT2D eigenvalue weighted by Gasteiger charge is 2.38. The largest absolute Gasteiger partial charge is 0.375 e. The highest BCUT2D eigenvalue weighted by Crippen LogP contribution is 2.37. The third-order valence-corrected chi connectivity index (χ3v) is 5.76. The molecule has 0 aromatic rings. The normalized spacial score (nSPS) is 26.8. The number of hydrogen-bond donors (Lipinski definition) is 2. The van der Waals surface area contributed by atoms with E-state index in [0.29, 0.717) is 12.6 Å². The first-order valence-electron chi connectivity index (χ1n) is 7.39. The van der Waals surface area contributed by atoms with E-state index in [1.807, 2.05) is 11.8 Å². The maximum absolute atomic E-state index is 10.9. The number of rotatable bonds is 6. The predicted octanol–water partition coefficient (Wildman–Crippen LogP) is 0.960. The number of ether oxygens (including phenoxy) is 1. The highest BCUT2D eigenvalue weighted by atomic mass is 32.2. The summed E-state index contributed by atoms with van der Waals surface area (Å²) in [5.41, 5.74) is 0.117. The summed E-state index contributed by atoms with van der Waals surface area (Å²) in [5.74, 6) is 2.43. The summed E-state index contributed by atoms with van der Waals surface area (Å²) in [4.78, 5) is 0. The van der Waals surface area contributed by atoms with Crippen LogP contribution in [-0.4, -0.2) is 57.5 Å². The van der Waals surface area contributed by atoms with Crippen LogP contribution in [0.15, 0.2) is 0 Å². The van der Waals surface area contributed by atoms with Gasteiger partial charge in [0.05, 0.1) is 11.9 Å². The van der Waals surface area contributed by atoms with E-state index in [2.05, 4.69) is 10.0 Å². The molecule has 1 unspecified atom stereocenters. The Bertz CT molecular complexity index is 389. The summed E-state index contributed by atoms with van der Waals surface area (Å²) in [5, 5.41) is 3.56. The Labute approximate surface area is 126 Å². The van der Waals surface area contributed by atoms with Crippen molar-refractivity contribution in [3.05, 3.63) is 0 Å². The molecule has 2 aliphatic rings. The van der Waals surface area contributed by atoms with Gasteiger partial charge in [-0.1, -0.05) is 0 Å². The minimum absolute atomic E-state index is 0.117. The minimum Gasteiger partial charge on any atom is -0.375 e. The maximum atomic E-state index is 10.9. The molecule has 2 saturated heterocycles. The van der Waals surface area contributed by atoms with Gasteiger partial charge in [0.2, 0.25) is 10.0 Å². The van der Waals surface area contributed by atoms with Gasteiger partial charge in [0.15, 0.2) is 0 Å². The van der Waals surface area contributed by atoms with Gasteiger partial charge in [-0.2, -0.15) is 11.8 Å². The van der Waals surface area contributed by atoms with Crippen LogP contribution in [0.4, 0.5) is 0 Å². The lowest BCUT2D eigenvalue weighted by atomic mass is 9.85. The van der Waals surface area contributed by atoms with E-state index >= 15 is 0 Å². The Morgan fingerprint density at radius 1 is 1.30 bits per heavy atom. The fourth-order valence-corrected chi connectivity index (χ4v) is 4.70. The summed E-state index contributed by atoms with van der Waals surface area (Å²) in [6, 6.07) is 0.519. The molecular weight excluding hydrogens is 296 g/mol. The number of hydrogen-bond acceptors (Lipinski definition) is 5. The summed E-state index contributed by atoms with van der Waals surface area (Å²) in [7, 11) is -3.05. The van der Waals surface area contributed by atoms with Crippen LogP contribution in [0.5, 0.6) is 0 Å². The number of sulfonamides is 1. The molecule has 0 aromatic carbocycles.